The summed E-state index contributed by atoms with van der Waals surface area (Å²) in [4.78, 5) is 17.0. The second-order valence-corrected chi connectivity index (χ2v) is 9.29. The third-order valence-corrected chi connectivity index (χ3v) is 5.21. The molecule has 154 valence electrons. The van der Waals surface area contributed by atoms with E-state index in [4.69, 9.17) is 32.7 Å². The van der Waals surface area contributed by atoms with E-state index in [0.717, 1.165) is 16.8 Å². The molecule has 5 nitrogen and oxygen atoms in total. The van der Waals surface area contributed by atoms with Crippen LogP contribution in [0, 0.1) is 0 Å². The number of benzene rings is 2. The number of ether oxygens (including phenoxy) is 2. The first kappa shape index (κ1) is 21.8. The molecule has 0 spiro atoms. The number of rotatable bonds is 7. The number of aromatic nitrogens is 2. The second-order valence-electron chi connectivity index (χ2n) is 7.35. The molecule has 0 fully saturated rings. The fourth-order valence-corrected chi connectivity index (χ4v) is 3.79. The molecule has 0 unspecified atom stereocenters. The Labute approximate surface area is 184 Å². The average molecular weight is 453 g/mol. The van der Waals surface area contributed by atoms with Gasteiger partial charge in [-0.05, 0) is 63.2 Å². The largest absolute Gasteiger partial charge is 0.493 e. The summed E-state index contributed by atoms with van der Waals surface area (Å²) in [6, 6.07) is 12.7. The molecule has 0 amide bonds. The average Bonchev–Trinajstić information content (AvgIpc) is 2.95. The lowest BCUT2D eigenvalue weighted by Crippen LogP contribution is -2.26. The topological polar surface area (TPSA) is 53.4 Å². The number of hydrogen-bond acceptors (Lipinski definition) is 5. The Balaban J connectivity index is 1.71. The number of hydrogen-bond donors (Lipinski definition) is 0. The van der Waals surface area contributed by atoms with Crippen molar-refractivity contribution in [3.05, 3.63) is 52.5 Å². The summed E-state index contributed by atoms with van der Waals surface area (Å²) in [5, 5.41) is 1.98. The van der Waals surface area contributed by atoms with Gasteiger partial charge in [0.05, 0.1) is 17.6 Å². The van der Waals surface area contributed by atoms with Gasteiger partial charge in [-0.2, -0.15) is 0 Å². The van der Waals surface area contributed by atoms with Crippen molar-refractivity contribution in [2.45, 2.75) is 38.1 Å². The van der Waals surface area contributed by atoms with Gasteiger partial charge < -0.3 is 14.0 Å². The molecule has 0 saturated carbocycles. The van der Waals surface area contributed by atoms with Crippen LogP contribution in [0.1, 0.15) is 20.8 Å². The van der Waals surface area contributed by atoms with Crippen molar-refractivity contribution in [1.82, 2.24) is 9.55 Å². The number of nitrogens with zero attached hydrogens (tertiary/aromatic N) is 2. The smallest absolute Gasteiger partial charge is 0.326 e. The number of carbonyl (C=O) groups excluding carboxylic acids is 1. The Morgan fingerprint density at radius 3 is 2.48 bits per heavy atom. The monoisotopic (exact) mass is 452 g/mol. The van der Waals surface area contributed by atoms with Crippen LogP contribution in [-0.4, -0.2) is 33.5 Å². The highest BCUT2D eigenvalue weighted by atomic mass is 35.5. The second kappa shape index (κ2) is 9.28. The lowest BCUT2D eigenvalue weighted by Gasteiger charge is -2.20. The van der Waals surface area contributed by atoms with Gasteiger partial charge in [0.1, 0.15) is 17.9 Å². The first-order chi connectivity index (χ1) is 13.7. The predicted molar refractivity (Wildman–Crippen MR) is 118 cm³/mol. The van der Waals surface area contributed by atoms with Crippen molar-refractivity contribution in [3.8, 4) is 5.75 Å². The zero-order valence-corrected chi connectivity index (χ0v) is 18.8. The summed E-state index contributed by atoms with van der Waals surface area (Å²) in [6.07, 6.45) is 0. The number of fused-ring (bicyclic) bond motifs is 1. The van der Waals surface area contributed by atoms with E-state index in [0.29, 0.717) is 27.6 Å². The van der Waals surface area contributed by atoms with E-state index in [1.54, 1.807) is 24.3 Å². The van der Waals surface area contributed by atoms with E-state index in [1.807, 2.05) is 43.5 Å². The van der Waals surface area contributed by atoms with Crippen LogP contribution in [0.5, 0.6) is 5.75 Å². The molecule has 0 aliphatic rings. The Morgan fingerprint density at radius 2 is 1.79 bits per heavy atom. The van der Waals surface area contributed by atoms with Crippen LogP contribution in [0.4, 0.5) is 0 Å². The van der Waals surface area contributed by atoms with Crippen molar-refractivity contribution in [3.63, 3.8) is 0 Å². The minimum Gasteiger partial charge on any atom is -0.493 e. The molecule has 2 aromatic carbocycles. The fraction of sp³-hybridized carbons (Fsp3) is 0.333. The molecule has 0 aliphatic carbocycles. The molecule has 0 bridgehead atoms. The third kappa shape index (κ3) is 6.29. The summed E-state index contributed by atoms with van der Waals surface area (Å²) in [7, 11) is 0. The van der Waals surface area contributed by atoms with Crippen LogP contribution in [0.25, 0.3) is 11.0 Å². The van der Waals surface area contributed by atoms with Crippen LogP contribution in [-0.2, 0) is 16.1 Å². The normalized spacial score (nSPS) is 11.6. The molecule has 0 aliphatic heterocycles. The third-order valence-electron chi connectivity index (χ3n) is 3.78. The zero-order chi connectivity index (χ0) is 21.0. The van der Waals surface area contributed by atoms with Crippen molar-refractivity contribution >= 4 is 52.0 Å². The predicted octanol–water partition coefficient (Wildman–Crippen LogP) is 5.86. The number of thioether (sulfide) groups is 1. The molecule has 29 heavy (non-hydrogen) atoms. The fourth-order valence-electron chi connectivity index (χ4n) is 2.67. The molecule has 3 aromatic rings. The summed E-state index contributed by atoms with van der Waals surface area (Å²) in [6.45, 7) is 6.11. The summed E-state index contributed by atoms with van der Waals surface area (Å²) in [5.41, 5.74) is 1.03. The molecule has 0 saturated heterocycles. The highest BCUT2D eigenvalue weighted by molar-refractivity contribution is 7.99. The zero-order valence-electron chi connectivity index (χ0n) is 16.4. The molecule has 1 heterocycles. The standard InChI is InChI=1S/C21H22Cl2N2O3S/c1-21(2,3)28-19(26)13-25-18-9-6-15(23)12-17(18)24-20(25)29-11-10-27-16-7-4-14(22)5-8-16/h4-9,12H,10-11,13H2,1-3H3. The lowest BCUT2D eigenvalue weighted by molar-refractivity contribution is -0.155. The molecular weight excluding hydrogens is 431 g/mol. The maximum absolute atomic E-state index is 12.4. The summed E-state index contributed by atoms with van der Waals surface area (Å²) < 4.78 is 13.1. The lowest BCUT2D eigenvalue weighted by atomic mass is 10.2. The van der Waals surface area contributed by atoms with E-state index in [9.17, 15) is 4.79 Å². The molecule has 0 radical (unpaired) electrons. The van der Waals surface area contributed by atoms with Crippen molar-refractivity contribution in [1.29, 1.82) is 0 Å². The molecule has 0 atom stereocenters. The van der Waals surface area contributed by atoms with Gasteiger partial charge in [0.15, 0.2) is 5.16 Å². The van der Waals surface area contributed by atoms with Gasteiger partial charge in [0.25, 0.3) is 0 Å². The van der Waals surface area contributed by atoms with Gasteiger partial charge in [-0.3, -0.25) is 4.79 Å². The van der Waals surface area contributed by atoms with Crippen LogP contribution in [0.15, 0.2) is 47.6 Å². The molecule has 1 aromatic heterocycles. The molecular formula is C21H22Cl2N2O3S. The Hall–Kier alpha value is -1.89. The summed E-state index contributed by atoms with van der Waals surface area (Å²) >= 11 is 13.5. The Morgan fingerprint density at radius 1 is 1.10 bits per heavy atom. The Bertz CT molecular complexity index is 998. The van der Waals surface area contributed by atoms with Gasteiger partial charge in [-0.1, -0.05) is 35.0 Å². The Kier molecular flexibility index (Phi) is 6.98. The van der Waals surface area contributed by atoms with E-state index in [-0.39, 0.29) is 12.5 Å². The highest BCUT2D eigenvalue weighted by Gasteiger charge is 2.20. The van der Waals surface area contributed by atoms with Crippen LogP contribution in [0.2, 0.25) is 10.0 Å². The van der Waals surface area contributed by atoms with Crippen molar-refractivity contribution < 1.29 is 14.3 Å². The highest BCUT2D eigenvalue weighted by Crippen LogP contribution is 2.27. The molecule has 8 heteroatoms. The maximum Gasteiger partial charge on any atom is 0.326 e. The van der Waals surface area contributed by atoms with Crippen LogP contribution < -0.4 is 4.74 Å². The first-order valence-corrected chi connectivity index (χ1v) is 10.8. The van der Waals surface area contributed by atoms with Gasteiger partial charge in [0, 0.05) is 15.8 Å². The van der Waals surface area contributed by atoms with Crippen LogP contribution >= 0.6 is 35.0 Å². The van der Waals surface area contributed by atoms with Gasteiger partial charge in [-0.15, -0.1) is 0 Å². The van der Waals surface area contributed by atoms with Gasteiger partial charge in [0.2, 0.25) is 0 Å². The van der Waals surface area contributed by atoms with E-state index < -0.39 is 5.60 Å². The quantitative estimate of drug-likeness (QED) is 0.255. The molecule has 3 rings (SSSR count). The number of esters is 1. The number of carbonyl (C=O) groups is 1. The SMILES string of the molecule is CC(C)(C)OC(=O)Cn1c(SCCOc2ccc(Cl)cc2)nc2cc(Cl)ccc21. The first-order valence-electron chi connectivity index (χ1n) is 9.10. The van der Waals surface area contributed by atoms with E-state index in [1.165, 1.54) is 11.8 Å². The summed E-state index contributed by atoms with van der Waals surface area (Å²) in [5.74, 6) is 1.10. The van der Waals surface area contributed by atoms with E-state index in [2.05, 4.69) is 4.98 Å². The van der Waals surface area contributed by atoms with Crippen molar-refractivity contribution in [2.75, 3.05) is 12.4 Å². The van der Waals surface area contributed by atoms with Gasteiger partial charge in [-0.25, -0.2) is 4.98 Å². The van der Waals surface area contributed by atoms with Crippen LogP contribution in [0.3, 0.4) is 0 Å². The maximum atomic E-state index is 12.4. The number of halogens is 2. The van der Waals surface area contributed by atoms with Crippen molar-refractivity contribution in [2.24, 2.45) is 0 Å². The molecule has 0 N–H and O–H groups in total. The van der Waals surface area contributed by atoms with E-state index >= 15 is 0 Å². The minimum absolute atomic E-state index is 0.0791. The minimum atomic E-state index is -0.545. The van der Waals surface area contributed by atoms with Gasteiger partial charge >= 0.3 is 5.97 Å². The number of imidazole rings is 1.